The van der Waals surface area contributed by atoms with E-state index in [9.17, 15) is 0 Å². The molecule has 0 bridgehead atoms. The first kappa shape index (κ1) is 13.6. The minimum atomic E-state index is 0.561. The average Bonchev–Trinajstić information content (AvgIpc) is 2.35. The van der Waals surface area contributed by atoms with Crippen molar-refractivity contribution in [3.8, 4) is 0 Å². The molecule has 2 nitrogen and oxygen atoms in total. The lowest BCUT2D eigenvalue weighted by Crippen LogP contribution is -2.43. The van der Waals surface area contributed by atoms with Crippen LogP contribution in [-0.4, -0.2) is 31.1 Å². The number of benzene rings is 1. The molecule has 18 heavy (non-hydrogen) atoms. The third kappa shape index (κ3) is 3.82. The molecule has 0 spiro atoms. The topological polar surface area (TPSA) is 29.3 Å². The second-order valence-corrected chi connectivity index (χ2v) is 5.96. The van der Waals surface area contributed by atoms with Gasteiger partial charge in [0.15, 0.2) is 0 Å². The van der Waals surface area contributed by atoms with Gasteiger partial charge >= 0.3 is 0 Å². The van der Waals surface area contributed by atoms with E-state index >= 15 is 0 Å². The SMILES string of the molecule is CC1(CN(CCN)CCc2ccccc2)CCC1. The average molecular weight is 246 g/mol. The van der Waals surface area contributed by atoms with Gasteiger partial charge in [0.2, 0.25) is 0 Å². The summed E-state index contributed by atoms with van der Waals surface area (Å²) in [4.78, 5) is 2.55. The number of rotatable bonds is 7. The van der Waals surface area contributed by atoms with Gasteiger partial charge in [0.1, 0.15) is 0 Å². The summed E-state index contributed by atoms with van der Waals surface area (Å²) in [5, 5.41) is 0. The fourth-order valence-electron chi connectivity index (χ4n) is 2.86. The standard InChI is InChI=1S/C16H26N2/c1-16(9-5-10-16)14-18(13-11-17)12-8-15-6-3-2-4-7-15/h2-4,6-7H,5,8-14,17H2,1H3. The molecule has 2 heteroatoms. The molecule has 2 rings (SSSR count). The number of nitrogens with two attached hydrogens (primary N) is 1. The Morgan fingerprint density at radius 3 is 2.44 bits per heavy atom. The normalized spacial score (nSPS) is 17.7. The van der Waals surface area contributed by atoms with Crippen LogP contribution in [0.4, 0.5) is 0 Å². The number of hydrogen-bond acceptors (Lipinski definition) is 2. The maximum atomic E-state index is 5.74. The van der Waals surface area contributed by atoms with Gasteiger partial charge in [-0.05, 0) is 30.2 Å². The van der Waals surface area contributed by atoms with Crippen molar-refractivity contribution in [2.24, 2.45) is 11.1 Å². The summed E-state index contributed by atoms with van der Waals surface area (Å²) in [6.45, 7) is 6.57. The van der Waals surface area contributed by atoms with Crippen LogP contribution in [0, 0.1) is 5.41 Å². The molecule has 1 fully saturated rings. The second-order valence-electron chi connectivity index (χ2n) is 5.96. The fourth-order valence-corrected chi connectivity index (χ4v) is 2.86. The van der Waals surface area contributed by atoms with Crippen LogP contribution in [0.1, 0.15) is 31.7 Å². The predicted octanol–water partition coefficient (Wildman–Crippen LogP) is 2.68. The van der Waals surface area contributed by atoms with Gasteiger partial charge < -0.3 is 10.6 Å². The summed E-state index contributed by atoms with van der Waals surface area (Å²) in [5.41, 5.74) is 7.73. The van der Waals surface area contributed by atoms with Crippen LogP contribution in [0.15, 0.2) is 30.3 Å². The van der Waals surface area contributed by atoms with Gasteiger partial charge in [0.05, 0.1) is 0 Å². The smallest absolute Gasteiger partial charge is 0.0105 e. The zero-order valence-corrected chi connectivity index (χ0v) is 11.6. The molecule has 0 saturated heterocycles. The molecule has 0 amide bonds. The van der Waals surface area contributed by atoms with Crippen LogP contribution in [0.2, 0.25) is 0 Å². The minimum Gasteiger partial charge on any atom is -0.329 e. The summed E-state index contributed by atoms with van der Waals surface area (Å²) in [6, 6.07) is 10.7. The van der Waals surface area contributed by atoms with Crippen LogP contribution >= 0.6 is 0 Å². The van der Waals surface area contributed by atoms with Crippen molar-refractivity contribution in [3.63, 3.8) is 0 Å². The summed E-state index contributed by atoms with van der Waals surface area (Å²) in [5.74, 6) is 0. The third-order valence-corrected chi connectivity index (χ3v) is 4.17. The molecule has 0 atom stereocenters. The number of hydrogen-bond donors (Lipinski definition) is 1. The molecular formula is C16H26N2. The third-order valence-electron chi connectivity index (χ3n) is 4.17. The lowest BCUT2D eigenvalue weighted by atomic mass is 9.70. The van der Waals surface area contributed by atoms with Crippen molar-refractivity contribution in [2.75, 3.05) is 26.2 Å². The molecule has 0 aliphatic heterocycles. The van der Waals surface area contributed by atoms with Gasteiger partial charge in [-0.3, -0.25) is 0 Å². The van der Waals surface area contributed by atoms with Gasteiger partial charge in [0, 0.05) is 26.2 Å². The first-order valence-electron chi connectivity index (χ1n) is 7.18. The van der Waals surface area contributed by atoms with Gasteiger partial charge in [-0.1, -0.05) is 43.7 Å². The van der Waals surface area contributed by atoms with Gasteiger partial charge in [0.25, 0.3) is 0 Å². The van der Waals surface area contributed by atoms with E-state index in [0.717, 1.165) is 26.1 Å². The van der Waals surface area contributed by atoms with Crippen molar-refractivity contribution in [1.29, 1.82) is 0 Å². The Hall–Kier alpha value is -0.860. The van der Waals surface area contributed by atoms with Crippen molar-refractivity contribution >= 4 is 0 Å². The van der Waals surface area contributed by atoms with Gasteiger partial charge in [-0.15, -0.1) is 0 Å². The molecule has 1 saturated carbocycles. The van der Waals surface area contributed by atoms with E-state index in [4.69, 9.17) is 5.73 Å². The molecular weight excluding hydrogens is 220 g/mol. The van der Waals surface area contributed by atoms with Crippen molar-refractivity contribution < 1.29 is 0 Å². The Kier molecular flexibility index (Phi) is 4.79. The summed E-state index contributed by atoms with van der Waals surface area (Å²) < 4.78 is 0. The van der Waals surface area contributed by atoms with E-state index in [1.165, 1.54) is 31.4 Å². The molecule has 2 N–H and O–H groups in total. The van der Waals surface area contributed by atoms with Crippen molar-refractivity contribution in [3.05, 3.63) is 35.9 Å². The Bertz CT molecular complexity index is 343. The predicted molar refractivity (Wildman–Crippen MR) is 77.6 cm³/mol. The highest BCUT2D eigenvalue weighted by Gasteiger charge is 2.33. The van der Waals surface area contributed by atoms with Gasteiger partial charge in [-0.25, -0.2) is 0 Å². The van der Waals surface area contributed by atoms with E-state index in [-0.39, 0.29) is 0 Å². The lowest BCUT2D eigenvalue weighted by Gasteiger charge is -2.42. The largest absolute Gasteiger partial charge is 0.329 e. The van der Waals surface area contributed by atoms with E-state index < -0.39 is 0 Å². The monoisotopic (exact) mass is 246 g/mol. The molecule has 0 radical (unpaired) electrons. The van der Waals surface area contributed by atoms with E-state index in [0.29, 0.717) is 5.41 Å². The zero-order valence-electron chi connectivity index (χ0n) is 11.6. The van der Waals surface area contributed by atoms with Crippen molar-refractivity contribution in [1.82, 2.24) is 4.90 Å². The highest BCUT2D eigenvalue weighted by molar-refractivity contribution is 5.14. The maximum Gasteiger partial charge on any atom is 0.0105 e. The summed E-state index contributed by atoms with van der Waals surface area (Å²) in [6.07, 6.45) is 5.32. The van der Waals surface area contributed by atoms with Crippen LogP contribution in [0.25, 0.3) is 0 Å². The molecule has 1 aromatic rings. The first-order valence-corrected chi connectivity index (χ1v) is 7.18. The molecule has 1 aliphatic carbocycles. The van der Waals surface area contributed by atoms with Crippen LogP contribution in [-0.2, 0) is 6.42 Å². The first-order chi connectivity index (χ1) is 8.72. The zero-order chi connectivity index (χ0) is 12.8. The maximum absolute atomic E-state index is 5.74. The Labute approximate surface area is 111 Å². The molecule has 0 aromatic heterocycles. The van der Waals surface area contributed by atoms with Gasteiger partial charge in [-0.2, -0.15) is 0 Å². The van der Waals surface area contributed by atoms with Crippen LogP contribution in [0.5, 0.6) is 0 Å². The van der Waals surface area contributed by atoms with Crippen molar-refractivity contribution in [2.45, 2.75) is 32.6 Å². The van der Waals surface area contributed by atoms with E-state index in [2.05, 4.69) is 42.2 Å². The van der Waals surface area contributed by atoms with Crippen LogP contribution < -0.4 is 5.73 Å². The molecule has 1 aliphatic rings. The Balaban J connectivity index is 1.82. The molecule has 100 valence electrons. The highest BCUT2D eigenvalue weighted by atomic mass is 15.1. The molecule has 0 heterocycles. The summed E-state index contributed by atoms with van der Waals surface area (Å²) >= 11 is 0. The highest BCUT2D eigenvalue weighted by Crippen LogP contribution is 2.40. The summed E-state index contributed by atoms with van der Waals surface area (Å²) in [7, 11) is 0. The molecule has 0 unspecified atom stereocenters. The lowest BCUT2D eigenvalue weighted by molar-refractivity contribution is 0.0874. The van der Waals surface area contributed by atoms with Crippen LogP contribution in [0.3, 0.4) is 0 Å². The fraction of sp³-hybridized carbons (Fsp3) is 0.625. The Morgan fingerprint density at radius 2 is 1.89 bits per heavy atom. The quantitative estimate of drug-likeness (QED) is 0.801. The van der Waals surface area contributed by atoms with E-state index in [1.54, 1.807) is 0 Å². The number of nitrogens with zero attached hydrogens (tertiary/aromatic N) is 1. The second kappa shape index (κ2) is 6.35. The minimum absolute atomic E-state index is 0.561. The molecule has 1 aromatic carbocycles. The Morgan fingerprint density at radius 1 is 1.17 bits per heavy atom. The van der Waals surface area contributed by atoms with E-state index in [1.807, 2.05) is 0 Å².